The molecular weight excluding hydrogens is 212 g/mol. The van der Waals surface area contributed by atoms with E-state index in [9.17, 15) is 0 Å². The number of anilines is 1. The minimum absolute atomic E-state index is 0.123. The van der Waals surface area contributed by atoms with Crippen LogP contribution < -0.4 is 10.6 Å². The Kier molecular flexibility index (Phi) is 2.76. The van der Waals surface area contributed by atoms with Gasteiger partial charge in [0.05, 0.1) is 35.7 Å². The molecule has 0 amide bonds. The van der Waals surface area contributed by atoms with Gasteiger partial charge in [-0.05, 0) is 6.07 Å². The van der Waals surface area contributed by atoms with Crippen molar-refractivity contribution in [1.82, 2.24) is 4.98 Å². The van der Waals surface area contributed by atoms with Gasteiger partial charge in [0, 0.05) is 6.54 Å². The van der Waals surface area contributed by atoms with E-state index in [0.29, 0.717) is 17.3 Å². The van der Waals surface area contributed by atoms with E-state index in [4.69, 9.17) is 23.9 Å². The molecule has 0 spiro atoms. The molecule has 0 atom stereocenters. The van der Waals surface area contributed by atoms with Gasteiger partial charge >= 0.3 is 0 Å². The van der Waals surface area contributed by atoms with Crippen LogP contribution in [-0.2, 0) is 6.54 Å². The maximum Gasteiger partial charge on any atom is 0.257 e. The fraction of sp³-hybridized carbons (Fsp3) is 0.400. The van der Waals surface area contributed by atoms with Crippen molar-refractivity contribution in [3.05, 3.63) is 34.4 Å². The number of aromatic nitrogens is 1. The van der Waals surface area contributed by atoms with E-state index < -0.39 is 0 Å². The molecule has 1 aromatic heterocycles. The van der Waals surface area contributed by atoms with Crippen LogP contribution in [0.2, 0.25) is 5.02 Å². The van der Waals surface area contributed by atoms with Gasteiger partial charge in [-0.15, -0.1) is 0 Å². The first-order valence-corrected chi connectivity index (χ1v) is 5.08. The minimum Gasteiger partial charge on any atom is -0.354 e. The first kappa shape index (κ1) is 10.2. The van der Waals surface area contributed by atoms with Crippen LogP contribution in [0.5, 0.6) is 0 Å². The maximum absolute atomic E-state index is 6.86. The van der Waals surface area contributed by atoms with Gasteiger partial charge in [0.15, 0.2) is 0 Å². The number of rotatable bonds is 2. The second kappa shape index (κ2) is 4.05. The molecule has 4 nitrogen and oxygen atoms in total. The predicted molar refractivity (Wildman–Crippen MR) is 59.7 cm³/mol. The average Bonchev–Trinajstić information content (AvgIpc) is 2.16. The van der Waals surface area contributed by atoms with Crippen LogP contribution in [-0.4, -0.2) is 24.1 Å². The fourth-order valence-corrected chi connectivity index (χ4v) is 1.76. The Bertz CT molecular complexity index is 406. The lowest BCUT2D eigenvalue weighted by atomic mass is 10.1. The summed E-state index contributed by atoms with van der Waals surface area (Å²) in [5, 5.41) is 0.598. The van der Waals surface area contributed by atoms with Gasteiger partial charge in [-0.3, -0.25) is 4.98 Å². The van der Waals surface area contributed by atoms with Crippen molar-refractivity contribution < 1.29 is 0 Å². The third-order valence-corrected chi connectivity index (χ3v) is 2.83. The van der Waals surface area contributed by atoms with Crippen molar-refractivity contribution in [3.63, 3.8) is 0 Å². The van der Waals surface area contributed by atoms with Gasteiger partial charge in [-0.2, -0.15) is 0 Å². The van der Waals surface area contributed by atoms with E-state index in [-0.39, 0.29) is 6.04 Å². The normalized spacial score (nSPS) is 15.9. The quantitative estimate of drug-likeness (QED) is 0.768. The molecule has 2 N–H and O–H groups in total. The van der Waals surface area contributed by atoms with Crippen molar-refractivity contribution in [2.45, 2.75) is 12.6 Å². The maximum atomic E-state index is 6.86. The molecular formula is C10H11ClN4. The zero-order valence-corrected chi connectivity index (χ0v) is 8.91. The first-order valence-electron chi connectivity index (χ1n) is 4.70. The van der Waals surface area contributed by atoms with E-state index in [1.807, 2.05) is 6.07 Å². The second-order valence-corrected chi connectivity index (χ2v) is 3.92. The molecule has 15 heavy (non-hydrogen) atoms. The Hall–Kier alpha value is -1.31. The van der Waals surface area contributed by atoms with Gasteiger partial charge in [0.25, 0.3) is 6.04 Å². The highest BCUT2D eigenvalue weighted by atomic mass is 35.5. The molecule has 1 aromatic rings. The van der Waals surface area contributed by atoms with Crippen LogP contribution in [0.15, 0.2) is 12.3 Å². The van der Waals surface area contributed by atoms with Gasteiger partial charge in [-0.1, -0.05) is 11.6 Å². The first-order chi connectivity index (χ1) is 7.24. The summed E-state index contributed by atoms with van der Waals surface area (Å²) in [7, 11) is 0. The van der Waals surface area contributed by atoms with Gasteiger partial charge in [-0.25, -0.2) is 6.57 Å². The van der Waals surface area contributed by atoms with Crippen LogP contribution in [0, 0.1) is 6.57 Å². The fourth-order valence-electron chi connectivity index (χ4n) is 1.53. The third kappa shape index (κ3) is 1.89. The Morgan fingerprint density at radius 3 is 2.93 bits per heavy atom. The standard InChI is InChI=1S/C10H11ClN4/c1-13-7-5-15(6-7)8-2-9(11)10(3-12)14-4-8/h2,4,7H,3,5-6,12H2. The smallest absolute Gasteiger partial charge is 0.257 e. The zero-order valence-electron chi connectivity index (χ0n) is 8.15. The molecule has 1 aliphatic heterocycles. The number of nitrogens with two attached hydrogens (primary N) is 1. The predicted octanol–water partition coefficient (Wildman–Crippen LogP) is 1.30. The molecule has 2 rings (SSSR count). The van der Waals surface area contributed by atoms with E-state index in [1.54, 1.807) is 6.20 Å². The van der Waals surface area contributed by atoms with Crippen LogP contribution in [0.4, 0.5) is 5.69 Å². The highest BCUT2D eigenvalue weighted by molar-refractivity contribution is 6.31. The van der Waals surface area contributed by atoms with Gasteiger partial charge in [0.2, 0.25) is 0 Å². The number of pyridine rings is 1. The molecule has 1 saturated heterocycles. The summed E-state index contributed by atoms with van der Waals surface area (Å²) < 4.78 is 0. The lowest BCUT2D eigenvalue weighted by Crippen LogP contribution is -2.49. The monoisotopic (exact) mass is 222 g/mol. The average molecular weight is 223 g/mol. The van der Waals surface area contributed by atoms with Crippen molar-refractivity contribution in [1.29, 1.82) is 0 Å². The Balaban J connectivity index is 2.12. The van der Waals surface area contributed by atoms with E-state index in [0.717, 1.165) is 18.8 Å². The zero-order chi connectivity index (χ0) is 10.8. The molecule has 0 aliphatic carbocycles. The summed E-state index contributed by atoms with van der Waals surface area (Å²) in [6.07, 6.45) is 1.76. The SMILES string of the molecule is [C-]#[N+]C1CN(c2cnc(CN)c(Cl)c2)C1. The molecule has 1 fully saturated rings. The summed E-state index contributed by atoms with van der Waals surface area (Å²) in [5.74, 6) is 0. The molecule has 2 heterocycles. The third-order valence-electron chi connectivity index (χ3n) is 2.51. The van der Waals surface area contributed by atoms with Crippen LogP contribution >= 0.6 is 11.6 Å². The Morgan fingerprint density at radius 2 is 2.40 bits per heavy atom. The number of halogens is 1. The summed E-state index contributed by atoms with van der Waals surface area (Å²) in [5.41, 5.74) is 7.15. The summed E-state index contributed by atoms with van der Waals surface area (Å²) in [4.78, 5) is 9.72. The topological polar surface area (TPSA) is 46.5 Å². The van der Waals surface area contributed by atoms with E-state index >= 15 is 0 Å². The molecule has 5 heteroatoms. The van der Waals surface area contributed by atoms with Crippen molar-refractivity contribution in [3.8, 4) is 0 Å². The molecule has 78 valence electrons. The van der Waals surface area contributed by atoms with Crippen LogP contribution in [0.1, 0.15) is 5.69 Å². The summed E-state index contributed by atoms with van der Waals surface area (Å²) in [6, 6.07) is 1.98. The molecule has 0 saturated carbocycles. The largest absolute Gasteiger partial charge is 0.354 e. The van der Waals surface area contributed by atoms with Crippen molar-refractivity contribution in [2.24, 2.45) is 5.73 Å². The highest BCUT2D eigenvalue weighted by Crippen LogP contribution is 2.25. The molecule has 0 aromatic carbocycles. The van der Waals surface area contributed by atoms with Gasteiger partial charge < -0.3 is 15.5 Å². The van der Waals surface area contributed by atoms with Gasteiger partial charge in [0.1, 0.15) is 0 Å². The van der Waals surface area contributed by atoms with Crippen molar-refractivity contribution in [2.75, 3.05) is 18.0 Å². The summed E-state index contributed by atoms with van der Waals surface area (Å²) in [6.45, 7) is 8.74. The van der Waals surface area contributed by atoms with Crippen molar-refractivity contribution >= 4 is 17.3 Å². The van der Waals surface area contributed by atoms with Crippen LogP contribution in [0.3, 0.4) is 0 Å². The Labute approximate surface area is 93.5 Å². The molecule has 0 bridgehead atoms. The molecule has 0 unspecified atom stereocenters. The molecule has 1 aliphatic rings. The molecule has 0 radical (unpaired) electrons. The lowest BCUT2D eigenvalue weighted by Gasteiger charge is -2.33. The lowest BCUT2D eigenvalue weighted by molar-refractivity contribution is 0.577. The summed E-state index contributed by atoms with van der Waals surface area (Å²) >= 11 is 6.00. The van der Waals surface area contributed by atoms with E-state index in [1.165, 1.54) is 0 Å². The minimum atomic E-state index is 0.123. The number of nitrogens with zero attached hydrogens (tertiary/aromatic N) is 3. The van der Waals surface area contributed by atoms with E-state index in [2.05, 4.69) is 14.7 Å². The number of hydrogen-bond acceptors (Lipinski definition) is 3. The van der Waals surface area contributed by atoms with Crippen LogP contribution in [0.25, 0.3) is 4.85 Å². The highest BCUT2D eigenvalue weighted by Gasteiger charge is 2.31. The Morgan fingerprint density at radius 1 is 1.67 bits per heavy atom. The second-order valence-electron chi connectivity index (χ2n) is 3.51. The number of hydrogen-bond donors (Lipinski definition) is 1.